The van der Waals surface area contributed by atoms with Gasteiger partial charge in [-0.05, 0) is 24.8 Å². The zero-order chi connectivity index (χ0) is 23.7. The second kappa shape index (κ2) is 16.6. The lowest BCUT2D eigenvalue weighted by Gasteiger charge is -2.13. The summed E-state index contributed by atoms with van der Waals surface area (Å²) in [5.41, 5.74) is 2.28. The summed E-state index contributed by atoms with van der Waals surface area (Å²) in [4.78, 5) is 8.69. The third kappa shape index (κ3) is 11.6. The van der Waals surface area contributed by atoms with Gasteiger partial charge in [0.25, 0.3) is 0 Å². The van der Waals surface area contributed by atoms with Crippen LogP contribution in [0.5, 0.6) is 5.75 Å². The summed E-state index contributed by atoms with van der Waals surface area (Å²) in [7, 11) is 0. The molecule has 5 heteroatoms. The fourth-order valence-electron chi connectivity index (χ4n) is 3.91. The number of alkyl halides is 2. The second-order valence-electron chi connectivity index (χ2n) is 9.05. The van der Waals surface area contributed by atoms with Gasteiger partial charge in [-0.3, -0.25) is 0 Å². The van der Waals surface area contributed by atoms with E-state index in [1.165, 1.54) is 50.5 Å². The third-order valence-electron chi connectivity index (χ3n) is 5.97. The first-order valence-electron chi connectivity index (χ1n) is 12.9. The molecule has 0 bridgehead atoms. The maximum atomic E-state index is 14.0. The van der Waals surface area contributed by atoms with Crippen molar-refractivity contribution in [2.24, 2.45) is 0 Å². The first-order chi connectivity index (χ1) is 16.1. The van der Waals surface area contributed by atoms with Crippen LogP contribution in [-0.2, 0) is 6.42 Å². The molecule has 184 valence electrons. The minimum Gasteiger partial charge on any atom is -0.487 e. The van der Waals surface area contributed by atoms with Gasteiger partial charge in [-0.2, -0.15) is 0 Å². The molecule has 0 spiro atoms. The smallest absolute Gasteiger partial charge is 0.159 e. The van der Waals surface area contributed by atoms with Gasteiger partial charge in [0.2, 0.25) is 0 Å². The number of nitrogens with zero attached hydrogens (tertiary/aromatic N) is 2. The Hall–Kier alpha value is -2.04. The molecule has 0 saturated carbocycles. The Labute approximate surface area is 199 Å². The zero-order valence-electron chi connectivity index (χ0n) is 20.6. The summed E-state index contributed by atoms with van der Waals surface area (Å²) in [6.45, 7) is 4.14. The van der Waals surface area contributed by atoms with E-state index in [0.717, 1.165) is 31.2 Å². The van der Waals surface area contributed by atoms with Gasteiger partial charge in [0, 0.05) is 12.0 Å². The molecule has 0 N–H and O–H groups in total. The Bertz CT molecular complexity index is 737. The quantitative estimate of drug-likeness (QED) is 0.209. The SMILES string of the molecule is CCCCCCCCCc1ccc(-c2ncc(OCC(F)CC(F)CCCCC)cn2)cc1. The van der Waals surface area contributed by atoms with E-state index in [4.69, 9.17) is 4.74 Å². The molecular formula is C28H42F2N2O. The van der Waals surface area contributed by atoms with Gasteiger partial charge in [0.05, 0.1) is 12.4 Å². The van der Waals surface area contributed by atoms with Crippen LogP contribution in [0.1, 0.15) is 96.5 Å². The van der Waals surface area contributed by atoms with Gasteiger partial charge in [0.1, 0.15) is 19.0 Å². The average molecular weight is 461 g/mol. The van der Waals surface area contributed by atoms with Crippen molar-refractivity contribution in [1.82, 2.24) is 9.97 Å². The standard InChI is InChI=1S/C28H42F2N2O/c1-3-5-7-8-9-10-12-13-23-15-17-24(18-16-23)28-31-20-27(21-32-28)33-22-26(30)19-25(29)14-11-6-4-2/h15-18,20-21,25-26H,3-14,19,22H2,1-2H3. The van der Waals surface area contributed by atoms with Crippen molar-refractivity contribution >= 4 is 0 Å². The summed E-state index contributed by atoms with van der Waals surface area (Å²) >= 11 is 0. The highest BCUT2D eigenvalue weighted by Gasteiger charge is 2.16. The number of hydrogen-bond donors (Lipinski definition) is 0. The maximum Gasteiger partial charge on any atom is 0.159 e. The Morgan fingerprint density at radius 1 is 0.758 bits per heavy atom. The molecule has 2 aromatic rings. The van der Waals surface area contributed by atoms with Crippen LogP contribution in [0, 0.1) is 0 Å². The summed E-state index contributed by atoms with van der Waals surface area (Å²) in [6, 6.07) is 8.37. The molecule has 0 aliphatic carbocycles. The molecule has 0 amide bonds. The molecular weight excluding hydrogens is 418 g/mol. The van der Waals surface area contributed by atoms with Crippen LogP contribution in [0.25, 0.3) is 11.4 Å². The van der Waals surface area contributed by atoms with Gasteiger partial charge in [-0.15, -0.1) is 0 Å². The van der Waals surface area contributed by atoms with Crippen molar-refractivity contribution in [3.63, 3.8) is 0 Å². The highest BCUT2D eigenvalue weighted by molar-refractivity contribution is 5.55. The maximum absolute atomic E-state index is 14.0. The van der Waals surface area contributed by atoms with E-state index in [9.17, 15) is 8.78 Å². The molecule has 1 aromatic heterocycles. The Morgan fingerprint density at radius 3 is 2.03 bits per heavy atom. The number of rotatable bonds is 18. The van der Waals surface area contributed by atoms with Gasteiger partial charge in [0.15, 0.2) is 11.6 Å². The van der Waals surface area contributed by atoms with Crippen molar-refractivity contribution in [2.75, 3.05) is 6.61 Å². The van der Waals surface area contributed by atoms with E-state index < -0.39 is 12.3 Å². The number of aryl methyl sites for hydroxylation is 1. The van der Waals surface area contributed by atoms with Crippen LogP contribution < -0.4 is 4.74 Å². The topological polar surface area (TPSA) is 35.0 Å². The number of benzene rings is 1. The molecule has 0 radical (unpaired) electrons. The van der Waals surface area contributed by atoms with Crippen LogP contribution in [0.2, 0.25) is 0 Å². The van der Waals surface area contributed by atoms with E-state index >= 15 is 0 Å². The molecule has 1 aromatic carbocycles. The summed E-state index contributed by atoms with van der Waals surface area (Å²) in [5, 5.41) is 0. The number of aromatic nitrogens is 2. The van der Waals surface area contributed by atoms with Gasteiger partial charge in [-0.25, -0.2) is 18.7 Å². The molecule has 0 fully saturated rings. The lowest BCUT2D eigenvalue weighted by molar-refractivity contribution is 0.146. The van der Waals surface area contributed by atoms with E-state index in [1.54, 1.807) is 12.4 Å². The minimum atomic E-state index is -1.33. The predicted octanol–water partition coefficient (Wildman–Crippen LogP) is 8.46. The van der Waals surface area contributed by atoms with E-state index in [-0.39, 0.29) is 13.0 Å². The van der Waals surface area contributed by atoms with Gasteiger partial charge in [-0.1, -0.05) is 95.9 Å². The zero-order valence-corrected chi connectivity index (χ0v) is 20.6. The number of hydrogen-bond acceptors (Lipinski definition) is 3. The third-order valence-corrected chi connectivity index (χ3v) is 5.97. The second-order valence-corrected chi connectivity index (χ2v) is 9.05. The Balaban J connectivity index is 1.70. The summed E-state index contributed by atoms with van der Waals surface area (Å²) in [6.07, 6.45) is 14.1. The molecule has 0 saturated heterocycles. The van der Waals surface area contributed by atoms with Crippen molar-refractivity contribution in [3.05, 3.63) is 42.2 Å². The molecule has 3 nitrogen and oxygen atoms in total. The number of halogens is 2. The molecule has 33 heavy (non-hydrogen) atoms. The van der Waals surface area contributed by atoms with Crippen molar-refractivity contribution in [2.45, 2.75) is 110 Å². The largest absolute Gasteiger partial charge is 0.487 e. The van der Waals surface area contributed by atoms with Crippen molar-refractivity contribution in [3.8, 4) is 17.1 Å². The number of ether oxygens (including phenoxy) is 1. The van der Waals surface area contributed by atoms with E-state index in [1.807, 2.05) is 12.1 Å². The van der Waals surface area contributed by atoms with E-state index in [2.05, 4.69) is 35.9 Å². The molecule has 0 aliphatic heterocycles. The van der Waals surface area contributed by atoms with Gasteiger partial charge < -0.3 is 4.74 Å². The first-order valence-corrected chi connectivity index (χ1v) is 12.9. The number of unbranched alkanes of at least 4 members (excludes halogenated alkanes) is 8. The average Bonchev–Trinajstić information content (AvgIpc) is 2.83. The molecule has 2 rings (SSSR count). The summed E-state index contributed by atoms with van der Waals surface area (Å²) < 4.78 is 33.2. The predicted molar refractivity (Wildman–Crippen MR) is 133 cm³/mol. The van der Waals surface area contributed by atoms with Crippen LogP contribution in [0.4, 0.5) is 8.78 Å². The lowest BCUT2D eigenvalue weighted by Crippen LogP contribution is -2.18. The normalized spacial score (nSPS) is 13.1. The molecule has 2 atom stereocenters. The first kappa shape index (κ1) is 27.2. The summed E-state index contributed by atoms with van der Waals surface area (Å²) in [5.74, 6) is 1.01. The van der Waals surface area contributed by atoms with Crippen molar-refractivity contribution in [1.29, 1.82) is 0 Å². The van der Waals surface area contributed by atoms with Crippen LogP contribution in [-0.4, -0.2) is 28.9 Å². The van der Waals surface area contributed by atoms with Gasteiger partial charge >= 0.3 is 0 Å². The van der Waals surface area contributed by atoms with Crippen LogP contribution in [0.15, 0.2) is 36.7 Å². The monoisotopic (exact) mass is 460 g/mol. The fraction of sp³-hybridized carbons (Fsp3) is 0.643. The fourth-order valence-corrected chi connectivity index (χ4v) is 3.91. The highest BCUT2D eigenvalue weighted by Crippen LogP contribution is 2.20. The minimum absolute atomic E-state index is 0.117. The molecule has 2 unspecified atom stereocenters. The molecule has 1 heterocycles. The Kier molecular flexibility index (Phi) is 13.6. The van der Waals surface area contributed by atoms with Crippen LogP contribution >= 0.6 is 0 Å². The van der Waals surface area contributed by atoms with E-state index in [0.29, 0.717) is 18.0 Å². The highest BCUT2D eigenvalue weighted by atomic mass is 19.1. The molecule has 0 aliphatic rings. The van der Waals surface area contributed by atoms with Crippen LogP contribution in [0.3, 0.4) is 0 Å². The lowest BCUT2D eigenvalue weighted by atomic mass is 10.0. The Morgan fingerprint density at radius 2 is 1.36 bits per heavy atom. The van der Waals surface area contributed by atoms with Crippen molar-refractivity contribution < 1.29 is 13.5 Å².